The molecule has 0 aliphatic carbocycles. The minimum absolute atomic E-state index is 0.137. The highest BCUT2D eigenvalue weighted by Gasteiger charge is 2.18. The molecule has 138 valence electrons. The van der Waals surface area contributed by atoms with Gasteiger partial charge in [0.05, 0.1) is 20.3 Å². The molecule has 0 unspecified atom stereocenters. The van der Waals surface area contributed by atoms with Gasteiger partial charge in [0.25, 0.3) is 6.01 Å². The van der Waals surface area contributed by atoms with Crippen LogP contribution in [0.4, 0.5) is 10.2 Å². The molecule has 0 spiro atoms. The fraction of sp³-hybridized carbons (Fsp3) is 0.353. The van der Waals surface area contributed by atoms with E-state index in [2.05, 4.69) is 15.0 Å². The monoisotopic (exact) mass is 361 g/mol. The summed E-state index contributed by atoms with van der Waals surface area (Å²) in [5, 5.41) is 0. The predicted octanol–water partition coefficient (Wildman–Crippen LogP) is 2.02. The summed E-state index contributed by atoms with van der Waals surface area (Å²) >= 11 is 0. The predicted molar refractivity (Wildman–Crippen MR) is 93.8 cm³/mol. The number of nitrogens with two attached hydrogens (primary N) is 1. The molecule has 3 aromatic rings. The molecule has 2 N–H and O–H groups in total. The zero-order valence-corrected chi connectivity index (χ0v) is 14.6. The molecule has 0 saturated carbocycles. The Morgan fingerprint density at radius 3 is 2.58 bits per heavy atom. The molecular weight excluding hydrogens is 341 g/mol. The van der Waals surface area contributed by atoms with E-state index < -0.39 is 0 Å². The van der Waals surface area contributed by atoms with Crippen molar-refractivity contribution in [3.8, 4) is 12.0 Å². The topological polar surface area (TPSA) is 97.3 Å². The number of aromatic nitrogens is 4. The summed E-state index contributed by atoms with van der Waals surface area (Å²) in [4.78, 5) is 12.8. The van der Waals surface area contributed by atoms with Crippen molar-refractivity contribution in [1.82, 2.24) is 19.5 Å². The van der Waals surface area contributed by atoms with Gasteiger partial charge < -0.3 is 19.9 Å². The SMILES string of the molecule is CCOCCOc1nc(N)c2nc(OC)n(Cc3ccc(F)cc3)c2n1. The number of fused-ring (bicyclic) bond motifs is 1. The number of methoxy groups -OCH3 is 1. The molecule has 0 radical (unpaired) electrons. The fourth-order valence-corrected chi connectivity index (χ4v) is 2.45. The first-order valence-electron chi connectivity index (χ1n) is 8.15. The van der Waals surface area contributed by atoms with E-state index in [4.69, 9.17) is 19.9 Å². The lowest BCUT2D eigenvalue weighted by Gasteiger charge is -2.09. The number of benzene rings is 1. The van der Waals surface area contributed by atoms with Crippen LogP contribution in [0.3, 0.4) is 0 Å². The van der Waals surface area contributed by atoms with Crippen molar-refractivity contribution in [3.63, 3.8) is 0 Å². The van der Waals surface area contributed by atoms with Crippen molar-refractivity contribution in [2.24, 2.45) is 0 Å². The van der Waals surface area contributed by atoms with Crippen LogP contribution in [0.25, 0.3) is 11.2 Å². The maximum atomic E-state index is 13.1. The van der Waals surface area contributed by atoms with E-state index in [1.165, 1.54) is 19.2 Å². The molecule has 0 fully saturated rings. The standard InChI is InChI=1S/C17H20FN5O3/c1-3-25-8-9-26-16-21-14(19)13-15(22-16)23(17(20-13)24-2)10-11-4-6-12(18)7-5-11/h4-7H,3,8-10H2,1-2H3,(H2,19,21,22). The van der Waals surface area contributed by atoms with Gasteiger partial charge in [0.15, 0.2) is 17.0 Å². The second kappa shape index (κ2) is 7.96. The highest BCUT2D eigenvalue weighted by Crippen LogP contribution is 2.26. The van der Waals surface area contributed by atoms with Gasteiger partial charge in [-0.05, 0) is 24.6 Å². The molecule has 9 heteroatoms. The van der Waals surface area contributed by atoms with Crippen molar-refractivity contribution in [2.45, 2.75) is 13.5 Å². The zero-order valence-electron chi connectivity index (χ0n) is 14.6. The van der Waals surface area contributed by atoms with Gasteiger partial charge in [-0.25, -0.2) is 4.39 Å². The summed E-state index contributed by atoms with van der Waals surface area (Å²) in [6.07, 6.45) is 0. The van der Waals surface area contributed by atoms with Gasteiger partial charge >= 0.3 is 6.01 Å². The summed E-state index contributed by atoms with van der Waals surface area (Å²) in [6.45, 7) is 3.63. The largest absolute Gasteiger partial charge is 0.468 e. The summed E-state index contributed by atoms with van der Waals surface area (Å²) < 4.78 is 30.9. The third kappa shape index (κ3) is 3.83. The molecule has 0 atom stereocenters. The molecule has 2 heterocycles. The van der Waals surface area contributed by atoms with Crippen LogP contribution in [-0.2, 0) is 11.3 Å². The first-order chi connectivity index (χ1) is 12.6. The van der Waals surface area contributed by atoms with E-state index >= 15 is 0 Å². The first-order valence-corrected chi connectivity index (χ1v) is 8.15. The van der Waals surface area contributed by atoms with E-state index in [9.17, 15) is 4.39 Å². The number of hydrogen-bond acceptors (Lipinski definition) is 7. The highest BCUT2D eigenvalue weighted by atomic mass is 19.1. The minimum Gasteiger partial charge on any atom is -0.468 e. The maximum Gasteiger partial charge on any atom is 0.320 e. The van der Waals surface area contributed by atoms with Gasteiger partial charge in [-0.2, -0.15) is 15.0 Å². The Morgan fingerprint density at radius 1 is 1.12 bits per heavy atom. The van der Waals surface area contributed by atoms with Gasteiger partial charge in [-0.1, -0.05) is 12.1 Å². The van der Waals surface area contributed by atoms with Gasteiger partial charge in [-0.15, -0.1) is 0 Å². The minimum atomic E-state index is -0.298. The molecule has 26 heavy (non-hydrogen) atoms. The normalized spacial score (nSPS) is 11.0. The number of rotatable bonds is 8. The van der Waals surface area contributed by atoms with E-state index in [-0.39, 0.29) is 17.6 Å². The van der Waals surface area contributed by atoms with Crippen molar-refractivity contribution in [2.75, 3.05) is 32.7 Å². The highest BCUT2D eigenvalue weighted by molar-refractivity contribution is 5.83. The number of nitrogen functional groups attached to an aromatic ring is 1. The first kappa shape index (κ1) is 17.9. The molecule has 0 aliphatic rings. The summed E-state index contributed by atoms with van der Waals surface area (Å²) in [6, 6.07) is 6.63. The van der Waals surface area contributed by atoms with Crippen LogP contribution < -0.4 is 15.2 Å². The number of imidazole rings is 1. The van der Waals surface area contributed by atoms with Crippen LogP contribution in [-0.4, -0.2) is 46.4 Å². The average molecular weight is 361 g/mol. The Hall–Kier alpha value is -2.94. The van der Waals surface area contributed by atoms with Crippen molar-refractivity contribution in [1.29, 1.82) is 0 Å². The molecule has 0 saturated heterocycles. The number of halogens is 1. The Balaban J connectivity index is 1.94. The number of anilines is 1. The van der Waals surface area contributed by atoms with E-state index in [0.29, 0.717) is 43.5 Å². The summed E-state index contributed by atoms with van der Waals surface area (Å²) in [5.74, 6) is -0.106. The zero-order chi connectivity index (χ0) is 18.5. The Kier molecular flexibility index (Phi) is 5.47. The average Bonchev–Trinajstić information content (AvgIpc) is 2.99. The molecule has 1 aromatic carbocycles. The van der Waals surface area contributed by atoms with E-state index in [1.54, 1.807) is 16.7 Å². The molecule has 0 amide bonds. The third-order valence-electron chi connectivity index (χ3n) is 3.67. The molecule has 8 nitrogen and oxygen atoms in total. The lowest BCUT2D eigenvalue weighted by molar-refractivity contribution is 0.106. The van der Waals surface area contributed by atoms with E-state index in [1.807, 2.05) is 6.92 Å². The second-order valence-corrected chi connectivity index (χ2v) is 5.42. The van der Waals surface area contributed by atoms with Crippen molar-refractivity contribution < 1.29 is 18.6 Å². The number of hydrogen-bond donors (Lipinski definition) is 1. The molecule has 0 bridgehead atoms. The van der Waals surface area contributed by atoms with Crippen LogP contribution in [0.1, 0.15) is 12.5 Å². The fourth-order valence-electron chi connectivity index (χ4n) is 2.45. The lowest BCUT2D eigenvalue weighted by atomic mass is 10.2. The quantitative estimate of drug-likeness (QED) is 0.613. The molecule has 2 aromatic heterocycles. The molecule has 0 aliphatic heterocycles. The van der Waals surface area contributed by atoms with Crippen LogP contribution in [0.15, 0.2) is 24.3 Å². The third-order valence-corrected chi connectivity index (χ3v) is 3.67. The van der Waals surface area contributed by atoms with Crippen molar-refractivity contribution in [3.05, 3.63) is 35.6 Å². The Bertz CT molecular complexity index is 882. The Labute approximate surface area is 149 Å². The van der Waals surface area contributed by atoms with Gasteiger partial charge in [-0.3, -0.25) is 4.57 Å². The second-order valence-electron chi connectivity index (χ2n) is 5.42. The van der Waals surface area contributed by atoms with Crippen LogP contribution in [0.5, 0.6) is 12.0 Å². The number of ether oxygens (including phenoxy) is 3. The summed E-state index contributed by atoms with van der Waals surface area (Å²) in [7, 11) is 1.51. The van der Waals surface area contributed by atoms with E-state index in [0.717, 1.165) is 5.56 Å². The van der Waals surface area contributed by atoms with Crippen LogP contribution in [0, 0.1) is 5.82 Å². The maximum absolute atomic E-state index is 13.1. The molecule has 3 rings (SSSR count). The van der Waals surface area contributed by atoms with Crippen LogP contribution >= 0.6 is 0 Å². The van der Waals surface area contributed by atoms with Gasteiger partial charge in [0.1, 0.15) is 12.4 Å². The number of nitrogens with zero attached hydrogens (tertiary/aromatic N) is 4. The smallest absolute Gasteiger partial charge is 0.320 e. The Morgan fingerprint density at radius 2 is 1.88 bits per heavy atom. The van der Waals surface area contributed by atoms with Crippen molar-refractivity contribution >= 4 is 17.0 Å². The van der Waals surface area contributed by atoms with Gasteiger partial charge in [0.2, 0.25) is 0 Å². The van der Waals surface area contributed by atoms with Gasteiger partial charge in [0, 0.05) is 6.61 Å². The molecular formula is C17H20FN5O3. The summed E-state index contributed by atoms with van der Waals surface area (Å²) in [5.41, 5.74) is 7.75. The lowest BCUT2D eigenvalue weighted by Crippen LogP contribution is -2.10. The van der Waals surface area contributed by atoms with Crippen LogP contribution in [0.2, 0.25) is 0 Å².